The summed E-state index contributed by atoms with van der Waals surface area (Å²) in [4.78, 5) is 6.22. The Kier molecular flexibility index (Phi) is 3.44. The maximum Gasteiger partial charge on any atom is 0.196 e. The predicted molar refractivity (Wildman–Crippen MR) is 82.3 cm³/mol. The van der Waals surface area contributed by atoms with Crippen LogP contribution in [0.15, 0.2) is 58.0 Å². The van der Waals surface area contributed by atoms with Gasteiger partial charge in [-0.05, 0) is 45.8 Å². The van der Waals surface area contributed by atoms with Crippen molar-refractivity contribution >= 4 is 27.6 Å². The van der Waals surface area contributed by atoms with E-state index < -0.39 is 0 Å². The van der Waals surface area contributed by atoms with E-state index in [0.29, 0.717) is 17.0 Å². The molecule has 2 aromatic rings. The van der Waals surface area contributed by atoms with Crippen LogP contribution in [0.4, 0.5) is 10.1 Å². The van der Waals surface area contributed by atoms with Gasteiger partial charge in [0.25, 0.3) is 0 Å². The highest BCUT2D eigenvalue weighted by molar-refractivity contribution is 9.10. The van der Waals surface area contributed by atoms with Crippen LogP contribution in [0.25, 0.3) is 0 Å². The summed E-state index contributed by atoms with van der Waals surface area (Å²) in [6.07, 6.45) is 0. The summed E-state index contributed by atoms with van der Waals surface area (Å²) in [6, 6.07) is 14.8. The Bertz CT molecular complexity index is 657. The molecule has 3 rings (SSSR count). The van der Waals surface area contributed by atoms with Crippen LogP contribution in [0.3, 0.4) is 0 Å². The molecule has 2 aromatic carbocycles. The summed E-state index contributed by atoms with van der Waals surface area (Å²) >= 11 is 3.17. The molecule has 0 aromatic heterocycles. The van der Waals surface area contributed by atoms with Crippen LogP contribution in [0.5, 0.6) is 0 Å². The lowest BCUT2D eigenvalue weighted by Gasteiger charge is -2.26. The molecule has 3 nitrogen and oxygen atoms in total. The van der Waals surface area contributed by atoms with Gasteiger partial charge in [-0.3, -0.25) is 4.99 Å². The van der Waals surface area contributed by atoms with E-state index in [1.165, 1.54) is 6.07 Å². The summed E-state index contributed by atoms with van der Waals surface area (Å²) in [6.45, 7) is 0.530. The van der Waals surface area contributed by atoms with Crippen molar-refractivity contribution in [1.29, 1.82) is 0 Å². The van der Waals surface area contributed by atoms with Gasteiger partial charge in [-0.2, -0.15) is 0 Å². The third-order valence-electron chi connectivity index (χ3n) is 3.35. The van der Waals surface area contributed by atoms with Crippen molar-refractivity contribution in [3.05, 3.63) is 64.4 Å². The molecule has 0 fully saturated rings. The van der Waals surface area contributed by atoms with Gasteiger partial charge in [0.15, 0.2) is 5.96 Å². The molecule has 20 heavy (non-hydrogen) atoms. The van der Waals surface area contributed by atoms with Gasteiger partial charge in [0.1, 0.15) is 5.82 Å². The van der Waals surface area contributed by atoms with E-state index in [4.69, 9.17) is 5.73 Å². The number of benzene rings is 2. The lowest BCUT2D eigenvalue weighted by Crippen LogP contribution is -2.36. The molecule has 2 N–H and O–H groups in total. The number of hydrogen-bond donors (Lipinski definition) is 1. The van der Waals surface area contributed by atoms with Gasteiger partial charge in [-0.1, -0.05) is 24.3 Å². The van der Waals surface area contributed by atoms with E-state index in [1.807, 2.05) is 41.3 Å². The zero-order valence-corrected chi connectivity index (χ0v) is 12.2. The fourth-order valence-corrected chi connectivity index (χ4v) is 2.62. The minimum absolute atomic E-state index is 0.0694. The Morgan fingerprint density at radius 2 is 1.95 bits per heavy atom. The molecular weight excluding hydrogens is 321 g/mol. The monoisotopic (exact) mass is 333 g/mol. The number of nitrogens with two attached hydrogens (primary N) is 1. The SMILES string of the molecule is NC1=NCC(c2ccc(Br)c(F)c2)N1c1ccccc1. The first-order valence-electron chi connectivity index (χ1n) is 6.26. The molecule has 0 aliphatic carbocycles. The number of nitrogens with zero attached hydrogens (tertiary/aromatic N) is 2. The Balaban J connectivity index is 1.99. The predicted octanol–water partition coefficient (Wildman–Crippen LogP) is 3.46. The van der Waals surface area contributed by atoms with Crippen molar-refractivity contribution in [3.8, 4) is 0 Å². The molecular formula is C15H13BrFN3. The van der Waals surface area contributed by atoms with Gasteiger partial charge < -0.3 is 10.6 Å². The maximum atomic E-state index is 13.7. The van der Waals surface area contributed by atoms with Crippen LogP contribution in [0.1, 0.15) is 11.6 Å². The second kappa shape index (κ2) is 5.25. The van der Waals surface area contributed by atoms with Gasteiger partial charge in [0, 0.05) is 5.69 Å². The molecule has 1 unspecified atom stereocenters. The van der Waals surface area contributed by atoms with Crippen molar-refractivity contribution < 1.29 is 4.39 Å². The Morgan fingerprint density at radius 1 is 1.20 bits per heavy atom. The van der Waals surface area contributed by atoms with Gasteiger partial charge >= 0.3 is 0 Å². The van der Waals surface area contributed by atoms with Gasteiger partial charge in [0.2, 0.25) is 0 Å². The summed E-state index contributed by atoms with van der Waals surface area (Å²) in [7, 11) is 0. The number of anilines is 1. The van der Waals surface area contributed by atoms with E-state index in [-0.39, 0.29) is 11.9 Å². The molecule has 0 bridgehead atoms. The van der Waals surface area contributed by atoms with E-state index in [2.05, 4.69) is 20.9 Å². The van der Waals surface area contributed by atoms with E-state index >= 15 is 0 Å². The molecule has 1 heterocycles. The lowest BCUT2D eigenvalue weighted by atomic mass is 10.1. The first-order chi connectivity index (χ1) is 9.66. The molecule has 5 heteroatoms. The first-order valence-corrected chi connectivity index (χ1v) is 7.05. The molecule has 1 atom stereocenters. The Hall–Kier alpha value is -1.88. The van der Waals surface area contributed by atoms with Crippen LogP contribution >= 0.6 is 15.9 Å². The number of guanidine groups is 1. The molecule has 1 aliphatic heterocycles. The molecule has 0 saturated carbocycles. The number of halogens is 2. The highest BCUT2D eigenvalue weighted by Crippen LogP contribution is 2.32. The van der Waals surface area contributed by atoms with Crippen molar-refractivity contribution in [1.82, 2.24) is 0 Å². The highest BCUT2D eigenvalue weighted by Gasteiger charge is 2.29. The van der Waals surface area contributed by atoms with Crippen molar-refractivity contribution in [2.24, 2.45) is 10.7 Å². The van der Waals surface area contributed by atoms with E-state index in [0.717, 1.165) is 11.3 Å². The third kappa shape index (κ3) is 2.29. The molecule has 0 spiro atoms. The summed E-state index contributed by atoms with van der Waals surface area (Å²) in [5.74, 6) is 0.186. The standard InChI is InChI=1S/C15H13BrFN3/c16-12-7-6-10(8-13(12)17)14-9-19-15(18)20(14)11-4-2-1-3-5-11/h1-8,14H,9H2,(H2,18,19). The third-order valence-corrected chi connectivity index (χ3v) is 3.99. The van der Waals surface area contributed by atoms with Crippen LogP contribution < -0.4 is 10.6 Å². The topological polar surface area (TPSA) is 41.6 Å². The average molecular weight is 334 g/mol. The van der Waals surface area contributed by atoms with Crippen molar-refractivity contribution in [3.63, 3.8) is 0 Å². The number of para-hydroxylation sites is 1. The minimum atomic E-state index is -0.277. The minimum Gasteiger partial charge on any atom is -0.369 e. The summed E-state index contributed by atoms with van der Waals surface area (Å²) in [5, 5.41) is 0. The van der Waals surface area contributed by atoms with Gasteiger partial charge in [-0.15, -0.1) is 0 Å². The molecule has 0 amide bonds. The smallest absolute Gasteiger partial charge is 0.196 e. The number of hydrogen-bond acceptors (Lipinski definition) is 3. The van der Waals surface area contributed by atoms with Crippen LogP contribution in [0.2, 0.25) is 0 Å². The van der Waals surface area contributed by atoms with Crippen molar-refractivity contribution in [2.75, 3.05) is 11.4 Å². The molecule has 0 saturated heterocycles. The van der Waals surface area contributed by atoms with Crippen LogP contribution in [-0.2, 0) is 0 Å². The average Bonchev–Trinajstić information content (AvgIpc) is 2.85. The Morgan fingerprint density at radius 3 is 2.65 bits per heavy atom. The van der Waals surface area contributed by atoms with E-state index in [9.17, 15) is 4.39 Å². The second-order valence-electron chi connectivity index (χ2n) is 4.59. The zero-order valence-electron chi connectivity index (χ0n) is 10.6. The van der Waals surface area contributed by atoms with Crippen molar-refractivity contribution in [2.45, 2.75) is 6.04 Å². The number of rotatable bonds is 2. The first kappa shape index (κ1) is 13.1. The van der Waals surface area contributed by atoms with E-state index in [1.54, 1.807) is 6.07 Å². The quantitative estimate of drug-likeness (QED) is 0.914. The largest absolute Gasteiger partial charge is 0.369 e. The Labute approximate surface area is 125 Å². The van der Waals surface area contributed by atoms with Gasteiger partial charge in [0.05, 0.1) is 17.1 Å². The highest BCUT2D eigenvalue weighted by atomic mass is 79.9. The van der Waals surface area contributed by atoms with Gasteiger partial charge in [-0.25, -0.2) is 4.39 Å². The summed E-state index contributed by atoms with van der Waals surface area (Å²) < 4.78 is 14.2. The van der Waals surface area contributed by atoms with Crippen LogP contribution in [0, 0.1) is 5.82 Å². The molecule has 0 radical (unpaired) electrons. The molecule has 1 aliphatic rings. The van der Waals surface area contributed by atoms with Crippen LogP contribution in [-0.4, -0.2) is 12.5 Å². The second-order valence-corrected chi connectivity index (χ2v) is 5.45. The fraction of sp³-hybridized carbons (Fsp3) is 0.133. The normalized spacial score (nSPS) is 18.2. The zero-order chi connectivity index (χ0) is 14.1. The lowest BCUT2D eigenvalue weighted by molar-refractivity contribution is 0.615. The molecule has 102 valence electrons. The fourth-order valence-electron chi connectivity index (χ4n) is 2.37. The maximum absolute atomic E-state index is 13.7. The number of aliphatic imine (C=N–C) groups is 1. The summed E-state index contributed by atoms with van der Waals surface area (Å²) in [5.41, 5.74) is 7.80.